The van der Waals surface area contributed by atoms with E-state index in [0.717, 1.165) is 0 Å². The average molecular weight is 253 g/mol. The number of anilines is 1. The second-order valence-corrected chi connectivity index (χ2v) is 3.87. The van der Waals surface area contributed by atoms with Crippen LogP contribution in [0.3, 0.4) is 0 Å². The van der Waals surface area contributed by atoms with E-state index in [0.29, 0.717) is 11.3 Å². The van der Waals surface area contributed by atoms with Gasteiger partial charge in [-0.2, -0.15) is 0 Å². The number of phenols is 1. The van der Waals surface area contributed by atoms with Gasteiger partial charge in [-0.15, -0.1) is 0 Å². The summed E-state index contributed by atoms with van der Waals surface area (Å²) in [7, 11) is 0. The fraction of sp³-hybridized carbons (Fsp3) is 0.0909. The lowest BCUT2D eigenvalue weighted by Gasteiger charge is -2.04. The van der Waals surface area contributed by atoms with Gasteiger partial charge < -0.3 is 14.9 Å². The number of benzene rings is 1. The van der Waals surface area contributed by atoms with Gasteiger partial charge in [0.15, 0.2) is 0 Å². The molecule has 0 saturated carbocycles. The van der Waals surface area contributed by atoms with Crippen LogP contribution >= 0.6 is 11.6 Å². The molecule has 1 heterocycles. The Bertz CT molecular complexity index is 566. The zero-order chi connectivity index (χ0) is 12.4. The summed E-state index contributed by atoms with van der Waals surface area (Å²) in [5.41, 5.74) is 1.06. The zero-order valence-electron chi connectivity index (χ0n) is 8.90. The summed E-state index contributed by atoms with van der Waals surface area (Å²) in [4.78, 5) is 11.7. The molecule has 5 nitrogen and oxygen atoms in total. The minimum atomic E-state index is -0.429. The molecule has 0 spiro atoms. The molecule has 17 heavy (non-hydrogen) atoms. The van der Waals surface area contributed by atoms with Gasteiger partial charge in [0.25, 0.3) is 5.91 Å². The van der Waals surface area contributed by atoms with E-state index in [1.54, 1.807) is 13.0 Å². The van der Waals surface area contributed by atoms with Gasteiger partial charge in [-0.1, -0.05) is 16.8 Å². The Morgan fingerprint density at radius 3 is 2.88 bits per heavy atom. The highest BCUT2D eigenvalue weighted by atomic mass is 35.5. The maximum absolute atomic E-state index is 11.7. The largest absolute Gasteiger partial charge is 0.506 e. The molecule has 1 aromatic carbocycles. The SMILES string of the molecule is Cc1cnoc1C(=O)Nc1ccc(Cl)c(O)c1. The molecule has 2 N–H and O–H groups in total. The van der Waals surface area contributed by atoms with E-state index >= 15 is 0 Å². The number of hydrogen-bond donors (Lipinski definition) is 2. The van der Waals surface area contributed by atoms with Gasteiger partial charge in [0.1, 0.15) is 5.75 Å². The number of phenolic OH excluding ortho intramolecular Hbond substituents is 1. The second-order valence-electron chi connectivity index (χ2n) is 3.46. The van der Waals surface area contributed by atoms with Crippen LogP contribution < -0.4 is 5.32 Å². The average Bonchev–Trinajstić information content (AvgIpc) is 2.70. The van der Waals surface area contributed by atoms with Gasteiger partial charge in [-0.3, -0.25) is 4.79 Å². The number of nitrogens with one attached hydrogen (secondary N) is 1. The standard InChI is InChI=1S/C11H9ClN2O3/c1-6-5-13-17-10(6)11(16)14-7-2-3-8(12)9(15)4-7/h2-5,15H,1H3,(H,14,16). The Hall–Kier alpha value is -2.01. The predicted octanol–water partition coefficient (Wildman–Crippen LogP) is 2.59. The van der Waals surface area contributed by atoms with Crippen LogP contribution in [0.25, 0.3) is 0 Å². The van der Waals surface area contributed by atoms with Crippen molar-refractivity contribution < 1.29 is 14.4 Å². The Morgan fingerprint density at radius 1 is 1.53 bits per heavy atom. The Balaban J connectivity index is 2.19. The second kappa shape index (κ2) is 4.47. The number of halogens is 1. The molecule has 0 aliphatic heterocycles. The third kappa shape index (κ3) is 2.39. The van der Waals surface area contributed by atoms with Crippen molar-refractivity contribution in [1.29, 1.82) is 0 Å². The lowest BCUT2D eigenvalue weighted by atomic mass is 10.2. The van der Waals surface area contributed by atoms with Crippen molar-refractivity contribution in [2.75, 3.05) is 5.32 Å². The van der Waals surface area contributed by atoms with Gasteiger partial charge in [-0.05, 0) is 19.1 Å². The highest BCUT2D eigenvalue weighted by Crippen LogP contribution is 2.26. The summed E-state index contributed by atoms with van der Waals surface area (Å²) in [5.74, 6) is -0.389. The van der Waals surface area contributed by atoms with Crippen molar-refractivity contribution in [1.82, 2.24) is 5.16 Å². The predicted molar refractivity (Wildman–Crippen MR) is 62.3 cm³/mol. The molecule has 0 atom stereocenters. The first-order valence-corrected chi connectivity index (χ1v) is 5.17. The summed E-state index contributed by atoms with van der Waals surface area (Å²) in [6.07, 6.45) is 1.45. The summed E-state index contributed by atoms with van der Waals surface area (Å²) >= 11 is 5.65. The number of aryl methyl sites for hydroxylation is 1. The van der Waals surface area contributed by atoms with Crippen molar-refractivity contribution in [2.24, 2.45) is 0 Å². The van der Waals surface area contributed by atoms with Crippen LogP contribution in [0.15, 0.2) is 28.9 Å². The first-order valence-electron chi connectivity index (χ1n) is 4.79. The molecule has 0 radical (unpaired) electrons. The van der Waals surface area contributed by atoms with Crippen LogP contribution in [-0.2, 0) is 0 Å². The van der Waals surface area contributed by atoms with Gasteiger partial charge in [0.05, 0.1) is 11.2 Å². The molecular weight excluding hydrogens is 244 g/mol. The highest BCUT2D eigenvalue weighted by Gasteiger charge is 2.14. The molecule has 6 heteroatoms. The molecule has 2 aromatic rings. The fourth-order valence-electron chi connectivity index (χ4n) is 1.29. The lowest BCUT2D eigenvalue weighted by molar-refractivity contribution is 0.0987. The van der Waals surface area contributed by atoms with Crippen LogP contribution in [0.5, 0.6) is 5.75 Å². The molecule has 1 aromatic heterocycles. The fourth-order valence-corrected chi connectivity index (χ4v) is 1.41. The van der Waals surface area contributed by atoms with E-state index in [1.165, 1.54) is 18.3 Å². The zero-order valence-corrected chi connectivity index (χ0v) is 9.65. The van der Waals surface area contributed by atoms with Gasteiger partial charge in [0, 0.05) is 17.3 Å². The van der Waals surface area contributed by atoms with E-state index < -0.39 is 5.91 Å². The topological polar surface area (TPSA) is 75.4 Å². The van der Waals surface area contributed by atoms with E-state index in [9.17, 15) is 9.90 Å². The van der Waals surface area contributed by atoms with Gasteiger partial charge >= 0.3 is 0 Å². The molecule has 0 fully saturated rings. The van der Waals surface area contributed by atoms with Crippen LogP contribution in [0.2, 0.25) is 5.02 Å². The van der Waals surface area contributed by atoms with Crippen LogP contribution in [0.4, 0.5) is 5.69 Å². The normalized spacial score (nSPS) is 10.2. The number of carbonyl (C=O) groups is 1. The molecular formula is C11H9ClN2O3. The summed E-state index contributed by atoms with van der Waals surface area (Å²) in [6.45, 7) is 1.71. The minimum Gasteiger partial charge on any atom is -0.506 e. The van der Waals surface area contributed by atoms with Gasteiger partial charge in [0.2, 0.25) is 5.76 Å². The quantitative estimate of drug-likeness (QED) is 0.861. The first-order chi connectivity index (χ1) is 8.08. The van der Waals surface area contributed by atoms with Crippen LogP contribution in [0, 0.1) is 6.92 Å². The Kier molecular flexibility index (Phi) is 3.01. The van der Waals surface area contributed by atoms with E-state index in [1.807, 2.05) is 0 Å². The molecule has 88 valence electrons. The van der Waals surface area contributed by atoms with Crippen molar-refractivity contribution >= 4 is 23.2 Å². The monoisotopic (exact) mass is 252 g/mol. The van der Waals surface area contributed by atoms with Crippen LogP contribution in [-0.4, -0.2) is 16.2 Å². The number of amides is 1. The summed E-state index contributed by atoms with van der Waals surface area (Å²) in [6, 6.07) is 4.41. The molecule has 0 saturated heterocycles. The van der Waals surface area contributed by atoms with E-state index in [2.05, 4.69) is 10.5 Å². The molecule has 0 unspecified atom stereocenters. The molecule has 0 bridgehead atoms. The van der Waals surface area contributed by atoms with Crippen molar-refractivity contribution in [3.63, 3.8) is 0 Å². The third-order valence-corrected chi connectivity index (χ3v) is 2.48. The first kappa shape index (κ1) is 11.5. The minimum absolute atomic E-state index is 0.0984. The maximum Gasteiger partial charge on any atom is 0.294 e. The molecule has 1 amide bonds. The number of hydrogen-bond acceptors (Lipinski definition) is 4. The van der Waals surface area contributed by atoms with E-state index in [4.69, 9.17) is 16.1 Å². The summed E-state index contributed by atoms with van der Waals surface area (Å²) < 4.78 is 4.80. The summed E-state index contributed by atoms with van der Waals surface area (Å²) in [5, 5.41) is 15.7. The van der Waals surface area contributed by atoms with Crippen molar-refractivity contribution in [2.45, 2.75) is 6.92 Å². The number of aromatic nitrogens is 1. The van der Waals surface area contributed by atoms with Gasteiger partial charge in [-0.25, -0.2) is 0 Å². The van der Waals surface area contributed by atoms with Crippen molar-refractivity contribution in [3.8, 4) is 5.75 Å². The number of nitrogens with zero attached hydrogens (tertiary/aromatic N) is 1. The smallest absolute Gasteiger partial charge is 0.294 e. The molecule has 2 rings (SSSR count). The molecule has 0 aliphatic carbocycles. The number of carbonyl (C=O) groups excluding carboxylic acids is 1. The third-order valence-electron chi connectivity index (χ3n) is 2.16. The molecule has 0 aliphatic rings. The van der Waals surface area contributed by atoms with Crippen molar-refractivity contribution in [3.05, 3.63) is 40.7 Å². The highest BCUT2D eigenvalue weighted by molar-refractivity contribution is 6.32. The van der Waals surface area contributed by atoms with Crippen LogP contribution in [0.1, 0.15) is 16.1 Å². The van der Waals surface area contributed by atoms with E-state index in [-0.39, 0.29) is 16.5 Å². The Morgan fingerprint density at radius 2 is 2.29 bits per heavy atom. The number of rotatable bonds is 2. The number of aromatic hydroxyl groups is 1. The maximum atomic E-state index is 11.7. The Labute approximate surface area is 102 Å². The lowest BCUT2D eigenvalue weighted by Crippen LogP contribution is -2.11.